The van der Waals surface area contributed by atoms with Gasteiger partial charge in [0.2, 0.25) is 0 Å². The Morgan fingerprint density at radius 3 is 2.72 bits per heavy atom. The third-order valence-corrected chi connectivity index (χ3v) is 7.04. The van der Waals surface area contributed by atoms with Crippen LogP contribution in [0.25, 0.3) is 0 Å². The molecule has 2 fully saturated rings. The maximum Gasteiger partial charge on any atom is 0.325 e. The summed E-state index contributed by atoms with van der Waals surface area (Å²) in [4.78, 5) is 12.3. The summed E-state index contributed by atoms with van der Waals surface area (Å²) in [7, 11) is -1.11. The van der Waals surface area contributed by atoms with Crippen molar-refractivity contribution in [2.75, 3.05) is 5.75 Å². The fourth-order valence-corrected chi connectivity index (χ4v) is 5.81. The Bertz CT molecular complexity index is 454. The van der Waals surface area contributed by atoms with E-state index in [0.717, 1.165) is 25.7 Å². The first-order valence-corrected chi connectivity index (χ1v) is 8.12. The first-order valence-electron chi connectivity index (χ1n) is 6.80. The van der Waals surface area contributed by atoms with E-state index in [1.54, 1.807) is 0 Å². The molecular formula is C14H20O3S. The predicted octanol–water partition coefficient (Wildman–Crippen LogP) is 2.33. The molecule has 3 aliphatic rings. The third kappa shape index (κ3) is 1.54. The second-order valence-corrected chi connectivity index (χ2v) is 7.66. The van der Waals surface area contributed by atoms with E-state index in [2.05, 4.69) is 6.92 Å². The zero-order chi connectivity index (χ0) is 12.9. The Morgan fingerprint density at radius 2 is 1.94 bits per heavy atom. The lowest BCUT2D eigenvalue weighted by Crippen LogP contribution is -2.50. The topological polar surface area (TPSA) is 43.4 Å². The molecule has 1 saturated heterocycles. The molecule has 0 unspecified atom stereocenters. The molecule has 0 bridgehead atoms. The number of hydrogen-bond acceptors (Lipinski definition) is 3. The van der Waals surface area contributed by atoms with Crippen molar-refractivity contribution >= 4 is 16.8 Å². The first-order chi connectivity index (χ1) is 8.55. The quantitative estimate of drug-likeness (QED) is 0.500. The average molecular weight is 268 g/mol. The van der Waals surface area contributed by atoms with Gasteiger partial charge in [-0.3, -0.25) is 9.00 Å². The highest BCUT2D eigenvalue weighted by Crippen LogP contribution is 2.49. The number of esters is 1. The van der Waals surface area contributed by atoms with Crippen molar-refractivity contribution in [3.8, 4) is 0 Å². The van der Waals surface area contributed by atoms with Crippen LogP contribution in [0.5, 0.6) is 0 Å². The van der Waals surface area contributed by atoms with Crippen molar-refractivity contribution in [2.45, 2.75) is 56.8 Å². The first kappa shape index (κ1) is 12.4. The van der Waals surface area contributed by atoms with Gasteiger partial charge in [0.05, 0.1) is 0 Å². The van der Waals surface area contributed by atoms with Gasteiger partial charge in [-0.1, -0.05) is 17.6 Å². The van der Waals surface area contributed by atoms with E-state index in [1.807, 2.05) is 6.92 Å². The Kier molecular flexibility index (Phi) is 2.88. The fourth-order valence-electron chi connectivity index (χ4n) is 3.70. The molecule has 100 valence electrons. The smallest absolute Gasteiger partial charge is 0.325 e. The van der Waals surface area contributed by atoms with Crippen LogP contribution in [0.2, 0.25) is 0 Å². The minimum absolute atomic E-state index is 0.0291. The van der Waals surface area contributed by atoms with Crippen LogP contribution < -0.4 is 0 Å². The lowest BCUT2D eigenvalue weighted by Gasteiger charge is -2.37. The van der Waals surface area contributed by atoms with Crippen molar-refractivity contribution in [3.63, 3.8) is 0 Å². The normalized spacial score (nSPS) is 44.1. The third-order valence-electron chi connectivity index (χ3n) is 4.92. The number of allylic oxidation sites excluding steroid dienone is 1. The van der Waals surface area contributed by atoms with Gasteiger partial charge in [-0.25, -0.2) is 0 Å². The maximum atomic E-state index is 12.6. The van der Waals surface area contributed by atoms with Gasteiger partial charge in [0.1, 0.15) is 6.10 Å². The van der Waals surface area contributed by atoms with Crippen LogP contribution in [-0.4, -0.2) is 26.8 Å². The SMILES string of the molecule is CC1=C(C)C[C@]2(C(=O)O[C@H]3CCCC[C@@H]32)[S@](=O)C1. The molecule has 1 aliphatic carbocycles. The summed E-state index contributed by atoms with van der Waals surface area (Å²) in [5.41, 5.74) is 2.42. The van der Waals surface area contributed by atoms with E-state index in [4.69, 9.17) is 4.74 Å². The van der Waals surface area contributed by atoms with Crippen LogP contribution in [0.1, 0.15) is 46.0 Å². The lowest BCUT2D eigenvalue weighted by molar-refractivity contribution is -0.143. The lowest BCUT2D eigenvalue weighted by atomic mass is 9.76. The van der Waals surface area contributed by atoms with Gasteiger partial charge >= 0.3 is 5.97 Å². The van der Waals surface area contributed by atoms with Crippen LogP contribution in [0, 0.1) is 5.92 Å². The van der Waals surface area contributed by atoms with Crippen LogP contribution in [0.4, 0.5) is 0 Å². The molecule has 3 nitrogen and oxygen atoms in total. The zero-order valence-electron chi connectivity index (χ0n) is 11.0. The molecule has 3 rings (SSSR count). The Hall–Kier alpha value is -0.640. The molecule has 4 heteroatoms. The van der Waals surface area contributed by atoms with Gasteiger partial charge in [0.25, 0.3) is 0 Å². The summed E-state index contributed by atoms with van der Waals surface area (Å²) in [6.45, 7) is 4.09. The zero-order valence-corrected chi connectivity index (χ0v) is 11.8. The van der Waals surface area contributed by atoms with Crippen LogP contribution in [-0.2, 0) is 20.3 Å². The van der Waals surface area contributed by atoms with Crippen molar-refractivity contribution in [2.24, 2.45) is 5.92 Å². The van der Waals surface area contributed by atoms with Crippen molar-refractivity contribution in [1.82, 2.24) is 0 Å². The van der Waals surface area contributed by atoms with Crippen molar-refractivity contribution in [3.05, 3.63) is 11.1 Å². The second kappa shape index (κ2) is 4.19. The van der Waals surface area contributed by atoms with E-state index < -0.39 is 15.5 Å². The second-order valence-electron chi connectivity index (χ2n) is 5.95. The highest BCUT2D eigenvalue weighted by atomic mass is 32.2. The molecule has 0 N–H and O–H groups in total. The highest BCUT2D eigenvalue weighted by Gasteiger charge is 2.62. The Morgan fingerprint density at radius 1 is 1.22 bits per heavy atom. The van der Waals surface area contributed by atoms with E-state index in [9.17, 15) is 9.00 Å². The van der Waals surface area contributed by atoms with Crippen LogP contribution >= 0.6 is 0 Å². The van der Waals surface area contributed by atoms with Crippen molar-refractivity contribution in [1.29, 1.82) is 0 Å². The molecule has 1 spiro atoms. The van der Waals surface area contributed by atoms with Gasteiger partial charge < -0.3 is 4.74 Å². The number of carbonyl (C=O) groups excluding carboxylic acids is 1. The molecule has 1 saturated carbocycles. The summed E-state index contributed by atoms with van der Waals surface area (Å²) >= 11 is 0. The van der Waals surface area contributed by atoms with E-state index in [1.165, 1.54) is 11.1 Å². The fraction of sp³-hybridized carbons (Fsp3) is 0.786. The average Bonchev–Trinajstić information content (AvgIpc) is 2.61. The Balaban J connectivity index is 2.03. The molecule has 4 atom stereocenters. The van der Waals surface area contributed by atoms with E-state index in [0.29, 0.717) is 12.2 Å². The summed E-state index contributed by atoms with van der Waals surface area (Å²) in [5, 5.41) is 0. The highest BCUT2D eigenvalue weighted by molar-refractivity contribution is 7.87. The number of ether oxygens (including phenoxy) is 1. The van der Waals surface area contributed by atoms with Crippen LogP contribution in [0.15, 0.2) is 11.1 Å². The standard InChI is InChI=1S/C14H20O3S/c1-9-7-14(18(16)8-10(9)2)11-5-3-4-6-12(11)17-13(14)15/h11-12H,3-8H2,1-2H3/t11-,12-,14-,18+/m0/s1. The molecule has 0 aromatic rings. The molecular weight excluding hydrogens is 248 g/mol. The molecule has 0 aromatic carbocycles. The Labute approximate surface area is 110 Å². The number of hydrogen-bond donors (Lipinski definition) is 0. The summed E-state index contributed by atoms with van der Waals surface area (Å²) in [6, 6.07) is 0. The monoisotopic (exact) mass is 268 g/mol. The van der Waals surface area contributed by atoms with Crippen LogP contribution in [0.3, 0.4) is 0 Å². The van der Waals surface area contributed by atoms with Gasteiger partial charge in [0.15, 0.2) is 4.75 Å². The number of carbonyl (C=O) groups is 1. The van der Waals surface area contributed by atoms with Gasteiger partial charge in [-0.05, 0) is 39.5 Å². The summed E-state index contributed by atoms with van der Waals surface area (Å²) in [6.07, 6.45) is 4.89. The summed E-state index contributed by atoms with van der Waals surface area (Å²) in [5.74, 6) is 0.539. The van der Waals surface area contributed by atoms with Gasteiger partial charge in [-0.15, -0.1) is 0 Å². The van der Waals surface area contributed by atoms with Crippen molar-refractivity contribution < 1.29 is 13.7 Å². The van der Waals surface area contributed by atoms with E-state index >= 15 is 0 Å². The molecule has 0 radical (unpaired) electrons. The molecule has 2 heterocycles. The summed E-state index contributed by atoms with van der Waals surface area (Å²) < 4.78 is 17.5. The van der Waals surface area contributed by atoms with Gasteiger partial charge in [-0.2, -0.15) is 0 Å². The minimum Gasteiger partial charge on any atom is -0.461 e. The van der Waals surface area contributed by atoms with Gasteiger partial charge in [0, 0.05) is 22.5 Å². The molecule has 0 amide bonds. The molecule has 0 aromatic heterocycles. The molecule has 2 aliphatic heterocycles. The largest absolute Gasteiger partial charge is 0.461 e. The minimum atomic E-state index is -1.11. The van der Waals surface area contributed by atoms with E-state index in [-0.39, 0.29) is 18.0 Å². The predicted molar refractivity (Wildman–Crippen MR) is 70.6 cm³/mol. The maximum absolute atomic E-state index is 12.6. The number of fused-ring (bicyclic) bond motifs is 2. The molecule has 18 heavy (non-hydrogen) atoms. The number of rotatable bonds is 0.